The smallest absolute Gasteiger partial charge is 0.385 e. The molecule has 5 N–H and O–H groups in total. The van der Waals surface area contributed by atoms with Crippen molar-refractivity contribution in [3.8, 4) is 0 Å². The summed E-state index contributed by atoms with van der Waals surface area (Å²) in [6.07, 6.45) is -1.82. The van der Waals surface area contributed by atoms with Crippen LogP contribution in [0.5, 0.6) is 0 Å². The number of hydrogen-bond donors (Lipinski definition) is 4. The molecule has 4 aromatic rings. The third-order valence-electron chi connectivity index (χ3n) is 7.29. The molecule has 3 aromatic heterocycles. The number of nitrogen functional groups attached to an aromatic ring is 1. The summed E-state index contributed by atoms with van der Waals surface area (Å²) < 4.78 is 46.7. The van der Waals surface area contributed by atoms with Crippen molar-refractivity contribution < 1.29 is 28.1 Å². The van der Waals surface area contributed by atoms with Gasteiger partial charge in [-0.2, -0.15) is 13.2 Å². The molecule has 216 valence electrons. The zero-order chi connectivity index (χ0) is 28.8. The van der Waals surface area contributed by atoms with Gasteiger partial charge in [0.15, 0.2) is 17.2 Å². The summed E-state index contributed by atoms with van der Waals surface area (Å²) in [7, 11) is 0. The van der Waals surface area contributed by atoms with Crippen molar-refractivity contribution in [3.05, 3.63) is 41.2 Å². The number of nitrogens with zero attached hydrogens (tertiary/aromatic N) is 6. The average molecular weight is 583 g/mol. The number of aryl methyl sites for hydroxylation is 1. The highest BCUT2D eigenvalue weighted by Gasteiger charge is 2.50. The second kappa shape index (κ2) is 10.7. The van der Waals surface area contributed by atoms with E-state index < -0.39 is 29.7 Å². The number of aliphatic hydroxyl groups is 2. The van der Waals surface area contributed by atoms with Crippen LogP contribution in [0.15, 0.2) is 24.8 Å². The number of nitrogens with one attached hydrogen (secondary N) is 1. The van der Waals surface area contributed by atoms with E-state index in [1.54, 1.807) is 0 Å². The van der Waals surface area contributed by atoms with E-state index >= 15 is 0 Å². The summed E-state index contributed by atoms with van der Waals surface area (Å²) in [4.78, 5) is 21.7. The number of benzene rings is 1. The second-order valence-corrected chi connectivity index (χ2v) is 10.7. The first kappa shape index (κ1) is 28.5. The number of aliphatic hydroxyl groups excluding tert-OH is 1. The first-order chi connectivity index (χ1) is 18.9. The van der Waals surface area contributed by atoms with Crippen LogP contribution in [0.3, 0.4) is 0 Å². The number of anilines is 1. The van der Waals surface area contributed by atoms with Crippen LogP contribution >= 0.6 is 11.6 Å². The third-order valence-corrected chi connectivity index (χ3v) is 7.61. The Bertz CT molecular complexity index is 1510. The number of hydrogen-bond acceptors (Lipinski definition) is 9. The number of nitrogens with two attached hydrogens (primary N) is 1. The summed E-state index contributed by atoms with van der Waals surface area (Å²) in [6.45, 7) is 4.93. The van der Waals surface area contributed by atoms with Crippen molar-refractivity contribution >= 4 is 39.6 Å². The van der Waals surface area contributed by atoms with Crippen molar-refractivity contribution in [2.75, 3.05) is 25.4 Å². The molecule has 1 aromatic carbocycles. The van der Waals surface area contributed by atoms with Gasteiger partial charge in [-0.05, 0) is 45.4 Å². The van der Waals surface area contributed by atoms with Gasteiger partial charge >= 0.3 is 6.18 Å². The third kappa shape index (κ3) is 5.33. The Morgan fingerprint density at radius 2 is 2.05 bits per heavy atom. The highest BCUT2D eigenvalue weighted by molar-refractivity contribution is 6.32. The van der Waals surface area contributed by atoms with E-state index in [0.29, 0.717) is 42.0 Å². The van der Waals surface area contributed by atoms with E-state index in [0.717, 1.165) is 18.9 Å². The Kier molecular flexibility index (Phi) is 7.65. The zero-order valence-corrected chi connectivity index (χ0v) is 22.6. The maximum absolute atomic E-state index is 13.2. The molecular weight excluding hydrogens is 553 g/mol. The number of H-pyrrole nitrogens is 1. The van der Waals surface area contributed by atoms with Gasteiger partial charge in [-0.15, -0.1) is 0 Å². The normalized spacial score (nSPS) is 21.9. The summed E-state index contributed by atoms with van der Waals surface area (Å²) >= 11 is 5.81. The van der Waals surface area contributed by atoms with E-state index in [2.05, 4.69) is 29.8 Å². The molecular formula is C25H30ClF3N8O3. The summed E-state index contributed by atoms with van der Waals surface area (Å²) in [6, 6.07) is 2.33. The van der Waals surface area contributed by atoms with E-state index in [1.807, 2.05) is 13.8 Å². The van der Waals surface area contributed by atoms with Crippen molar-refractivity contribution in [1.82, 2.24) is 34.4 Å². The largest absolute Gasteiger partial charge is 0.417 e. The monoisotopic (exact) mass is 582 g/mol. The lowest BCUT2D eigenvalue weighted by atomic mass is 10.0. The summed E-state index contributed by atoms with van der Waals surface area (Å²) in [5, 5.41) is 22.1. The van der Waals surface area contributed by atoms with Crippen molar-refractivity contribution in [2.45, 2.75) is 63.3 Å². The number of rotatable bonds is 9. The molecule has 1 aliphatic heterocycles. The highest BCUT2D eigenvalue weighted by atomic mass is 35.5. The molecule has 11 nitrogen and oxygen atoms in total. The maximum atomic E-state index is 13.2. The van der Waals surface area contributed by atoms with Crippen LogP contribution in [-0.2, 0) is 23.1 Å². The van der Waals surface area contributed by atoms with Gasteiger partial charge in [0.25, 0.3) is 0 Å². The Hall–Kier alpha value is -3.04. The first-order valence-corrected chi connectivity index (χ1v) is 13.2. The lowest BCUT2D eigenvalue weighted by Gasteiger charge is -2.32. The molecule has 0 amide bonds. The SMILES string of the molecule is CC(C)N(CCCCc1nc2cc(Cl)c(C(F)(F)F)cc2[nH]1)C[C@H]1OC[C@@](O)(n2cnc3c(N)ncnc32)[C@@H]1O. The fraction of sp³-hybridized carbons (Fsp3) is 0.520. The van der Waals surface area contributed by atoms with E-state index in [1.165, 1.54) is 23.3 Å². The molecule has 3 atom stereocenters. The van der Waals surface area contributed by atoms with Gasteiger partial charge < -0.3 is 25.7 Å². The molecule has 15 heteroatoms. The van der Waals surface area contributed by atoms with Crippen LogP contribution in [-0.4, -0.2) is 82.5 Å². The van der Waals surface area contributed by atoms with Crippen LogP contribution in [0.4, 0.5) is 19.0 Å². The Labute approximate surface area is 232 Å². The maximum Gasteiger partial charge on any atom is 0.417 e. The van der Waals surface area contributed by atoms with Gasteiger partial charge in [-0.3, -0.25) is 9.47 Å². The van der Waals surface area contributed by atoms with Crippen molar-refractivity contribution in [1.29, 1.82) is 0 Å². The number of unbranched alkanes of at least 4 members (excludes halogenated alkanes) is 1. The van der Waals surface area contributed by atoms with Gasteiger partial charge in [-0.25, -0.2) is 19.9 Å². The molecule has 0 unspecified atom stereocenters. The fourth-order valence-electron chi connectivity index (χ4n) is 5.02. The standard InChI is InChI=1S/C25H30ClF3N8O3/c1-13(2)36(6-4-3-5-19-34-16-7-14(25(27,28)29)15(26)8-17(16)35-19)9-18-21(38)24(39,10-40-18)37-12-33-20-22(30)31-11-32-23(20)37/h7-8,11-13,18,21,38-39H,3-6,9-10H2,1-2H3,(H,34,35)(H2,30,31,32)/t18-,21-,24+/m1/s1. The van der Waals surface area contributed by atoms with Gasteiger partial charge in [0.1, 0.15) is 29.9 Å². The quantitative estimate of drug-likeness (QED) is 0.218. The Morgan fingerprint density at radius 3 is 2.77 bits per heavy atom. The molecule has 40 heavy (non-hydrogen) atoms. The first-order valence-electron chi connectivity index (χ1n) is 12.8. The number of imidazole rings is 2. The van der Waals surface area contributed by atoms with E-state index in [4.69, 9.17) is 22.1 Å². The van der Waals surface area contributed by atoms with Crippen LogP contribution in [0.1, 0.15) is 38.1 Å². The summed E-state index contributed by atoms with van der Waals surface area (Å²) in [5.74, 6) is 0.749. The lowest BCUT2D eigenvalue weighted by Crippen LogP contribution is -2.49. The van der Waals surface area contributed by atoms with Gasteiger partial charge in [0.05, 0.1) is 34.6 Å². The number of halogens is 4. The molecule has 1 aliphatic rings. The van der Waals surface area contributed by atoms with Crippen molar-refractivity contribution in [2.24, 2.45) is 0 Å². The van der Waals surface area contributed by atoms with Gasteiger partial charge in [-0.1, -0.05) is 11.6 Å². The minimum atomic E-state index is -4.54. The van der Waals surface area contributed by atoms with E-state index in [9.17, 15) is 23.4 Å². The lowest BCUT2D eigenvalue weighted by molar-refractivity contribution is -0.137. The zero-order valence-electron chi connectivity index (χ0n) is 21.9. The number of ether oxygens (including phenoxy) is 1. The topological polar surface area (TPSA) is 151 Å². The fourth-order valence-corrected chi connectivity index (χ4v) is 5.29. The molecule has 0 aliphatic carbocycles. The van der Waals surface area contributed by atoms with Crippen molar-refractivity contribution in [3.63, 3.8) is 0 Å². The molecule has 0 radical (unpaired) electrons. The number of fused-ring (bicyclic) bond motifs is 2. The van der Waals surface area contributed by atoms with E-state index in [-0.39, 0.29) is 29.0 Å². The number of aromatic amines is 1. The minimum Gasteiger partial charge on any atom is -0.385 e. The molecule has 1 saturated heterocycles. The molecule has 4 heterocycles. The molecule has 0 bridgehead atoms. The molecule has 0 saturated carbocycles. The number of alkyl halides is 3. The van der Waals surface area contributed by atoms with Gasteiger partial charge in [0, 0.05) is 19.0 Å². The molecule has 0 spiro atoms. The number of aromatic nitrogens is 6. The molecule has 5 rings (SSSR count). The summed E-state index contributed by atoms with van der Waals surface area (Å²) in [5.41, 5.74) is 4.47. The minimum absolute atomic E-state index is 0.125. The second-order valence-electron chi connectivity index (χ2n) is 10.3. The van der Waals surface area contributed by atoms with Crippen LogP contribution in [0.25, 0.3) is 22.2 Å². The Balaban J connectivity index is 1.19. The average Bonchev–Trinajstić information content (AvgIpc) is 3.57. The van der Waals surface area contributed by atoms with Crippen LogP contribution in [0.2, 0.25) is 5.02 Å². The highest BCUT2D eigenvalue weighted by Crippen LogP contribution is 2.37. The van der Waals surface area contributed by atoms with Crippen LogP contribution in [0, 0.1) is 0 Å². The molecule has 1 fully saturated rings. The Morgan fingerprint density at radius 1 is 1.27 bits per heavy atom. The van der Waals surface area contributed by atoms with Gasteiger partial charge in [0.2, 0.25) is 0 Å². The predicted octanol–water partition coefficient (Wildman–Crippen LogP) is 3.10. The predicted molar refractivity (Wildman–Crippen MR) is 141 cm³/mol. The van der Waals surface area contributed by atoms with Crippen LogP contribution < -0.4 is 5.73 Å².